The number of para-hydroxylation sites is 1. The van der Waals surface area contributed by atoms with Gasteiger partial charge in [-0.25, -0.2) is 0 Å². The number of amides is 1. The van der Waals surface area contributed by atoms with Crippen LogP contribution in [0.4, 0.5) is 5.69 Å². The van der Waals surface area contributed by atoms with Gasteiger partial charge in [0.2, 0.25) is 5.91 Å². The minimum atomic E-state index is -0.239. The fourth-order valence-electron chi connectivity index (χ4n) is 2.90. The number of carbonyl (C=O) groups is 1. The molecule has 3 rings (SSSR count). The molecule has 0 aromatic heterocycles. The van der Waals surface area contributed by atoms with Crippen LogP contribution in [0.25, 0.3) is 0 Å². The summed E-state index contributed by atoms with van der Waals surface area (Å²) in [6, 6.07) is 8.12. The zero-order valence-corrected chi connectivity index (χ0v) is 11.4. The maximum absolute atomic E-state index is 12.6. The molecule has 0 saturated carbocycles. The quantitative estimate of drug-likeness (QED) is 0.825. The fourth-order valence-corrected chi connectivity index (χ4v) is 2.90. The Morgan fingerprint density at radius 3 is 3.15 bits per heavy atom. The number of aliphatic hydroxyl groups excluding tert-OH is 1. The zero-order valence-electron chi connectivity index (χ0n) is 11.4. The Hall–Kier alpha value is -1.59. The molecule has 108 valence electrons. The third kappa shape index (κ3) is 2.64. The summed E-state index contributed by atoms with van der Waals surface area (Å²) >= 11 is 0. The first-order chi connectivity index (χ1) is 9.78. The maximum atomic E-state index is 12.6. The molecule has 2 aliphatic rings. The average Bonchev–Trinajstić information content (AvgIpc) is 2.53. The second-order valence-corrected chi connectivity index (χ2v) is 5.40. The smallest absolute Gasteiger partial charge is 0.227 e. The Balaban J connectivity index is 1.67. The summed E-state index contributed by atoms with van der Waals surface area (Å²) in [5.74, 6) is 0.135. The van der Waals surface area contributed by atoms with Crippen molar-refractivity contribution in [3.05, 3.63) is 29.8 Å². The van der Waals surface area contributed by atoms with Crippen molar-refractivity contribution in [1.82, 2.24) is 4.90 Å². The summed E-state index contributed by atoms with van der Waals surface area (Å²) < 4.78 is 5.39. The molecule has 1 fully saturated rings. The number of morpholine rings is 1. The number of hydrogen-bond donors (Lipinski definition) is 2. The molecular weight excluding hydrogens is 256 g/mol. The van der Waals surface area contributed by atoms with Gasteiger partial charge >= 0.3 is 0 Å². The van der Waals surface area contributed by atoms with Gasteiger partial charge in [0.25, 0.3) is 0 Å². The third-order valence-electron chi connectivity index (χ3n) is 4.03. The van der Waals surface area contributed by atoms with Crippen molar-refractivity contribution in [1.29, 1.82) is 0 Å². The van der Waals surface area contributed by atoms with E-state index in [2.05, 4.69) is 11.4 Å². The highest BCUT2D eigenvalue weighted by atomic mass is 16.5. The molecule has 1 aromatic rings. The Bertz CT molecular complexity index is 492. The summed E-state index contributed by atoms with van der Waals surface area (Å²) in [4.78, 5) is 14.4. The highest BCUT2D eigenvalue weighted by Crippen LogP contribution is 2.25. The minimum absolute atomic E-state index is 0.0256. The van der Waals surface area contributed by atoms with E-state index in [0.29, 0.717) is 26.2 Å². The first kappa shape index (κ1) is 13.4. The number of carbonyl (C=O) groups excluding carboxylic acids is 1. The summed E-state index contributed by atoms with van der Waals surface area (Å²) in [6.07, 6.45) is 0.542. The van der Waals surface area contributed by atoms with Gasteiger partial charge in [0.15, 0.2) is 0 Å². The van der Waals surface area contributed by atoms with E-state index in [4.69, 9.17) is 9.84 Å². The Morgan fingerprint density at radius 1 is 1.45 bits per heavy atom. The number of nitrogens with zero attached hydrogens (tertiary/aromatic N) is 1. The summed E-state index contributed by atoms with van der Waals surface area (Å²) in [7, 11) is 0. The molecule has 2 aliphatic heterocycles. The first-order valence-corrected chi connectivity index (χ1v) is 7.11. The van der Waals surface area contributed by atoms with Crippen molar-refractivity contribution >= 4 is 11.6 Å². The number of anilines is 1. The molecule has 2 heterocycles. The van der Waals surface area contributed by atoms with E-state index in [0.717, 1.165) is 12.1 Å². The summed E-state index contributed by atoms with van der Waals surface area (Å²) in [5.41, 5.74) is 2.33. The lowest BCUT2D eigenvalue weighted by Gasteiger charge is -2.35. The Morgan fingerprint density at radius 2 is 2.30 bits per heavy atom. The fraction of sp³-hybridized carbons (Fsp3) is 0.533. The lowest BCUT2D eigenvalue weighted by atomic mass is 9.92. The topological polar surface area (TPSA) is 61.8 Å². The predicted molar refractivity (Wildman–Crippen MR) is 75.5 cm³/mol. The van der Waals surface area contributed by atoms with Crippen molar-refractivity contribution in [3.8, 4) is 0 Å². The van der Waals surface area contributed by atoms with Crippen LogP contribution in [-0.4, -0.2) is 54.9 Å². The summed E-state index contributed by atoms with van der Waals surface area (Å²) in [5, 5.41) is 12.5. The highest BCUT2D eigenvalue weighted by Gasteiger charge is 2.31. The van der Waals surface area contributed by atoms with E-state index in [1.807, 2.05) is 23.1 Å². The molecule has 2 atom stereocenters. The molecule has 20 heavy (non-hydrogen) atoms. The largest absolute Gasteiger partial charge is 0.394 e. The number of nitrogens with one attached hydrogen (secondary N) is 1. The second kappa shape index (κ2) is 5.81. The molecule has 0 radical (unpaired) electrons. The van der Waals surface area contributed by atoms with Crippen LogP contribution in [0.15, 0.2) is 24.3 Å². The zero-order chi connectivity index (χ0) is 13.9. The molecule has 1 amide bonds. The van der Waals surface area contributed by atoms with Crippen molar-refractivity contribution in [2.24, 2.45) is 5.92 Å². The number of ether oxygens (including phenoxy) is 1. The van der Waals surface area contributed by atoms with Gasteiger partial charge in [-0.15, -0.1) is 0 Å². The van der Waals surface area contributed by atoms with Crippen LogP contribution in [0, 0.1) is 5.92 Å². The molecule has 2 N–H and O–H groups in total. The van der Waals surface area contributed by atoms with E-state index in [1.54, 1.807) is 0 Å². The highest BCUT2D eigenvalue weighted by molar-refractivity contribution is 5.81. The lowest BCUT2D eigenvalue weighted by Crippen LogP contribution is -2.50. The van der Waals surface area contributed by atoms with Crippen molar-refractivity contribution < 1.29 is 14.6 Å². The number of benzene rings is 1. The van der Waals surface area contributed by atoms with Crippen LogP contribution < -0.4 is 5.32 Å². The monoisotopic (exact) mass is 276 g/mol. The molecule has 0 bridgehead atoms. The Labute approximate surface area is 118 Å². The molecule has 0 spiro atoms. The number of rotatable bonds is 2. The predicted octanol–water partition coefficient (Wildman–Crippen LogP) is 0.490. The lowest BCUT2D eigenvalue weighted by molar-refractivity contribution is -0.144. The van der Waals surface area contributed by atoms with E-state index >= 15 is 0 Å². The van der Waals surface area contributed by atoms with Gasteiger partial charge in [-0.3, -0.25) is 4.79 Å². The van der Waals surface area contributed by atoms with Gasteiger partial charge in [0, 0.05) is 25.3 Å². The Kier molecular flexibility index (Phi) is 3.89. The van der Waals surface area contributed by atoms with Gasteiger partial charge in [0.05, 0.1) is 25.2 Å². The SMILES string of the molecule is O=C(C1CNc2ccccc2C1)N1CCOC(CO)C1. The number of aliphatic hydroxyl groups is 1. The van der Waals surface area contributed by atoms with Crippen LogP contribution in [0.1, 0.15) is 5.56 Å². The van der Waals surface area contributed by atoms with E-state index in [-0.39, 0.29) is 24.5 Å². The second-order valence-electron chi connectivity index (χ2n) is 5.40. The van der Waals surface area contributed by atoms with Crippen LogP contribution in [0.5, 0.6) is 0 Å². The number of hydrogen-bond acceptors (Lipinski definition) is 4. The maximum Gasteiger partial charge on any atom is 0.227 e. The minimum Gasteiger partial charge on any atom is -0.394 e. The normalized spacial score (nSPS) is 25.8. The van der Waals surface area contributed by atoms with Gasteiger partial charge < -0.3 is 20.1 Å². The van der Waals surface area contributed by atoms with Crippen LogP contribution >= 0.6 is 0 Å². The molecule has 1 saturated heterocycles. The van der Waals surface area contributed by atoms with E-state index in [1.165, 1.54) is 5.56 Å². The molecular formula is C15H20N2O3. The van der Waals surface area contributed by atoms with Crippen LogP contribution in [0.3, 0.4) is 0 Å². The van der Waals surface area contributed by atoms with E-state index in [9.17, 15) is 4.79 Å². The molecule has 5 nitrogen and oxygen atoms in total. The molecule has 5 heteroatoms. The van der Waals surface area contributed by atoms with Crippen molar-refractivity contribution in [2.75, 3.05) is 38.2 Å². The van der Waals surface area contributed by atoms with Gasteiger partial charge in [-0.05, 0) is 18.1 Å². The van der Waals surface area contributed by atoms with Gasteiger partial charge in [-0.2, -0.15) is 0 Å². The molecule has 2 unspecified atom stereocenters. The van der Waals surface area contributed by atoms with Crippen LogP contribution in [0.2, 0.25) is 0 Å². The molecule has 1 aromatic carbocycles. The third-order valence-corrected chi connectivity index (χ3v) is 4.03. The van der Waals surface area contributed by atoms with Gasteiger partial charge in [0.1, 0.15) is 0 Å². The summed E-state index contributed by atoms with van der Waals surface area (Å²) in [6.45, 7) is 2.27. The van der Waals surface area contributed by atoms with E-state index < -0.39 is 0 Å². The number of fused-ring (bicyclic) bond motifs is 1. The van der Waals surface area contributed by atoms with Crippen molar-refractivity contribution in [3.63, 3.8) is 0 Å². The van der Waals surface area contributed by atoms with Crippen LogP contribution in [-0.2, 0) is 16.0 Å². The average molecular weight is 276 g/mol. The van der Waals surface area contributed by atoms with Crippen molar-refractivity contribution in [2.45, 2.75) is 12.5 Å². The standard InChI is InChI=1S/C15H20N2O3/c18-10-13-9-17(5-6-20-13)15(19)12-7-11-3-1-2-4-14(11)16-8-12/h1-4,12-13,16,18H,5-10H2. The molecule has 0 aliphatic carbocycles. The first-order valence-electron chi connectivity index (χ1n) is 7.11. The van der Waals surface area contributed by atoms with Gasteiger partial charge in [-0.1, -0.05) is 18.2 Å².